The molecule has 0 saturated carbocycles. The Labute approximate surface area is 148 Å². The highest BCUT2D eigenvalue weighted by molar-refractivity contribution is 5.95. The molecule has 25 heavy (non-hydrogen) atoms. The van der Waals surface area contributed by atoms with E-state index in [0.29, 0.717) is 6.54 Å². The van der Waals surface area contributed by atoms with Crippen LogP contribution in [0.4, 0.5) is 5.69 Å². The molecule has 1 spiro atoms. The van der Waals surface area contributed by atoms with Crippen molar-refractivity contribution in [3.63, 3.8) is 0 Å². The molecule has 130 valence electrons. The van der Waals surface area contributed by atoms with Gasteiger partial charge in [0.1, 0.15) is 0 Å². The second-order valence-corrected chi connectivity index (χ2v) is 7.09. The lowest BCUT2D eigenvalue weighted by Crippen LogP contribution is -2.64. The van der Waals surface area contributed by atoms with E-state index in [4.69, 9.17) is 0 Å². The van der Waals surface area contributed by atoms with E-state index in [1.165, 1.54) is 5.56 Å². The molecule has 0 aromatic carbocycles. The van der Waals surface area contributed by atoms with Crippen molar-refractivity contribution in [1.29, 1.82) is 0 Å². The van der Waals surface area contributed by atoms with E-state index in [9.17, 15) is 4.79 Å². The number of aromatic nitrogens is 2. The first kappa shape index (κ1) is 16.2. The number of carbonyl (C=O) groups is 1. The van der Waals surface area contributed by atoms with Crippen molar-refractivity contribution in [2.75, 3.05) is 38.1 Å². The van der Waals surface area contributed by atoms with E-state index in [1.54, 1.807) is 18.6 Å². The molecule has 2 fully saturated rings. The minimum atomic E-state index is 0.00591. The number of amides is 1. The summed E-state index contributed by atoms with van der Waals surface area (Å²) in [6.45, 7) is 4.08. The predicted octanol–water partition coefficient (Wildman–Crippen LogP) is 1.40. The van der Waals surface area contributed by atoms with Gasteiger partial charge in [0.25, 0.3) is 0 Å². The van der Waals surface area contributed by atoms with Gasteiger partial charge in [0.15, 0.2) is 0 Å². The summed E-state index contributed by atoms with van der Waals surface area (Å²) in [5, 5.41) is 0. The predicted molar refractivity (Wildman–Crippen MR) is 96.1 cm³/mol. The Hall–Kier alpha value is -2.31. The molecule has 1 atom stereocenters. The largest absolute Gasteiger partial charge is 0.308 e. The Balaban J connectivity index is 1.51. The van der Waals surface area contributed by atoms with Crippen molar-refractivity contribution in [3.05, 3.63) is 54.6 Å². The molecule has 2 aromatic rings. The lowest BCUT2D eigenvalue weighted by molar-refractivity contribution is -0.123. The van der Waals surface area contributed by atoms with E-state index in [1.807, 2.05) is 29.3 Å². The van der Waals surface area contributed by atoms with E-state index < -0.39 is 0 Å². The first-order valence-corrected chi connectivity index (χ1v) is 8.69. The van der Waals surface area contributed by atoms with Crippen LogP contribution in [0.1, 0.15) is 12.0 Å². The number of rotatable bonds is 3. The molecule has 0 N–H and O–H groups in total. The van der Waals surface area contributed by atoms with Gasteiger partial charge < -0.3 is 4.90 Å². The SMILES string of the molecule is CN1CC(=O)N(c2cccnc2)CC12CCN(Cc1cccnc1)C2. The number of pyridine rings is 2. The molecule has 6 heteroatoms. The van der Waals surface area contributed by atoms with Gasteiger partial charge in [-0.05, 0) is 37.2 Å². The van der Waals surface area contributed by atoms with Crippen molar-refractivity contribution in [3.8, 4) is 0 Å². The van der Waals surface area contributed by atoms with E-state index in [0.717, 1.165) is 38.3 Å². The van der Waals surface area contributed by atoms with E-state index in [-0.39, 0.29) is 11.4 Å². The topological polar surface area (TPSA) is 52.6 Å². The normalized spacial score (nSPS) is 25.0. The maximum Gasteiger partial charge on any atom is 0.241 e. The van der Waals surface area contributed by atoms with Gasteiger partial charge in [0.05, 0.1) is 24.0 Å². The number of likely N-dealkylation sites (N-methyl/N-ethyl adjacent to an activating group) is 1. The van der Waals surface area contributed by atoms with Crippen molar-refractivity contribution < 1.29 is 4.79 Å². The van der Waals surface area contributed by atoms with Gasteiger partial charge in [-0.1, -0.05) is 6.07 Å². The monoisotopic (exact) mass is 337 g/mol. The van der Waals surface area contributed by atoms with Crippen LogP contribution in [0.3, 0.4) is 0 Å². The molecule has 2 aliphatic rings. The van der Waals surface area contributed by atoms with Crippen LogP contribution in [-0.2, 0) is 11.3 Å². The van der Waals surface area contributed by atoms with Gasteiger partial charge in [-0.3, -0.25) is 24.6 Å². The number of likely N-dealkylation sites (tertiary alicyclic amines) is 1. The van der Waals surface area contributed by atoms with Crippen molar-refractivity contribution in [2.24, 2.45) is 0 Å². The van der Waals surface area contributed by atoms with E-state index in [2.05, 4.69) is 32.9 Å². The third-order valence-electron chi connectivity index (χ3n) is 5.43. The lowest BCUT2D eigenvalue weighted by atomic mass is 9.92. The second-order valence-electron chi connectivity index (χ2n) is 7.09. The minimum absolute atomic E-state index is 0.00591. The molecule has 2 saturated heterocycles. The highest BCUT2D eigenvalue weighted by Crippen LogP contribution is 2.33. The van der Waals surface area contributed by atoms with Gasteiger partial charge in [-0.2, -0.15) is 0 Å². The summed E-state index contributed by atoms with van der Waals surface area (Å²) in [4.78, 5) is 27.5. The molecule has 1 amide bonds. The summed E-state index contributed by atoms with van der Waals surface area (Å²) in [5.74, 6) is 0.145. The molecule has 6 nitrogen and oxygen atoms in total. The van der Waals surface area contributed by atoms with E-state index >= 15 is 0 Å². The third kappa shape index (κ3) is 3.15. The number of hydrogen-bond acceptors (Lipinski definition) is 5. The van der Waals surface area contributed by atoms with Crippen LogP contribution in [0.5, 0.6) is 0 Å². The average molecular weight is 337 g/mol. The highest BCUT2D eigenvalue weighted by atomic mass is 16.2. The summed E-state index contributed by atoms with van der Waals surface area (Å²) >= 11 is 0. The zero-order chi connectivity index (χ0) is 17.3. The molecule has 0 bridgehead atoms. The van der Waals surface area contributed by atoms with Crippen LogP contribution in [0, 0.1) is 0 Å². The standard InChI is InChI=1S/C19H23N5O/c1-22-13-18(25)24(17-5-3-8-21-11-17)15-19(22)6-9-23(14-19)12-16-4-2-7-20-10-16/h2-5,7-8,10-11H,6,9,12-15H2,1H3. The minimum Gasteiger partial charge on any atom is -0.308 e. The zero-order valence-corrected chi connectivity index (χ0v) is 14.5. The van der Waals surface area contributed by atoms with Crippen molar-refractivity contribution >= 4 is 11.6 Å². The number of anilines is 1. The fraction of sp³-hybridized carbons (Fsp3) is 0.421. The number of hydrogen-bond donors (Lipinski definition) is 0. The zero-order valence-electron chi connectivity index (χ0n) is 14.5. The quantitative estimate of drug-likeness (QED) is 0.847. The molecule has 0 aliphatic carbocycles. The molecule has 2 aliphatic heterocycles. The van der Waals surface area contributed by atoms with Gasteiger partial charge in [-0.25, -0.2) is 0 Å². The Bertz CT molecular complexity index is 738. The van der Waals surface area contributed by atoms with Gasteiger partial charge >= 0.3 is 0 Å². The van der Waals surface area contributed by atoms with Crippen LogP contribution in [0.15, 0.2) is 49.1 Å². The molecular formula is C19H23N5O. The van der Waals surface area contributed by atoms with Crippen LogP contribution in [0.25, 0.3) is 0 Å². The van der Waals surface area contributed by atoms with Crippen LogP contribution in [0.2, 0.25) is 0 Å². The molecular weight excluding hydrogens is 314 g/mol. The smallest absolute Gasteiger partial charge is 0.241 e. The Kier molecular flexibility index (Phi) is 4.23. The third-order valence-corrected chi connectivity index (χ3v) is 5.43. The maximum absolute atomic E-state index is 12.6. The summed E-state index contributed by atoms with van der Waals surface area (Å²) in [7, 11) is 2.08. The molecule has 0 radical (unpaired) electrons. The molecule has 4 heterocycles. The molecule has 2 aromatic heterocycles. The fourth-order valence-corrected chi connectivity index (χ4v) is 3.97. The van der Waals surface area contributed by atoms with Gasteiger partial charge in [0.2, 0.25) is 5.91 Å². The molecule has 4 rings (SSSR count). The van der Waals surface area contributed by atoms with Crippen LogP contribution < -0.4 is 4.90 Å². The Morgan fingerprint density at radius 1 is 1.12 bits per heavy atom. The average Bonchev–Trinajstić information content (AvgIpc) is 3.04. The number of nitrogens with zero attached hydrogens (tertiary/aromatic N) is 5. The summed E-state index contributed by atoms with van der Waals surface area (Å²) in [6.07, 6.45) is 8.32. The summed E-state index contributed by atoms with van der Waals surface area (Å²) in [5.41, 5.74) is 2.13. The van der Waals surface area contributed by atoms with Crippen molar-refractivity contribution in [2.45, 2.75) is 18.5 Å². The maximum atomic E-state index is 12.6. The first-order valence-electron chi connectivity index (χ1n) is 8.69. The van der Waals surface area contributed by atoms with Gasteiger partial charge in [0, 0.05) is 44.8 Å². The van der Waals surface area contributed by atoms with Gasteiger partial charge in [-0.15, -0.1) is 0 Å². The molecule has 1 unspecified atom stereocenters. The number of piperazine rings is 1. The summed E-state index contributed by atoms with van der Waals surface area (Å²) in [6, 6.07) is 7.95. The fourth-order valence-electron chi connectivity index (χ4n) is 3.97. The first-order chi connectivity index (χ1) is 12.2. The Morgan fingerprint density at radius 3 is 2.64 bits per heavy atom. The highest BCUT2D eigenvalue weighted by Gasteiger charge is 2.47. The summed E-state index contributed by atoms with van der Waals surface area (Å²) < 4.78 is 0. The van der Waals surface area contributed by atoms with Crippen LogP contribution >= 0.6 is 0 Å². The second kappa shape index (κ2) is 6.54. The number of carbonyl (C=O) groups excluding carboxylic acids is 1. The van der Waals surface area contributed by atoms with Crippen LogP contribution in [-0.4, -0.2) is 64.4 Å². The van der Waals surface area contributed by atoms with Crippen molar-refractivity contribution in [1.82, 2.24) is 19.8 Å². The lowest BCUT2D eigenvalue weighted by Gasteiger charge is -2.46. The Morgan fingerprint density at radius 2 is 1.92 bits per heavy atom.